The van der Waals surface area contributed by atoms with Crippen molar-refractivity contribution in [2.24, 2.45) is 10.2 Å². The third kappa shape index (κ3) is 0.614. The van der Waals surface area contributed by atoms with Crippen LogP contribution in [-0.4, -0.2) is 0 Å². The van der Waals surface area contributed by atoms with Crippen LogP contribution in [0, 0.1) is 0 Å². The molecule has 0 N–H and O–H groups in total. The molecule has 1 aromatic heterocycles. The van der Waals surface area contributed by atoms with Crippen LogP contribution in [-0.2, 0) is 6.67 Å². The van der Waals surface area contributed by atoms with E-state index < -0.39 is 0 Å². The summed E-state index contributed by atoms with van der Waals surface area (Å²) in [6.07, 6.45) is 1.97. The third-order valence-corrected chi connectivity index (χ3v) is 1.31. The van der Waals surface area contributed by atoms with Gasteiger partial charge in [-0.25, -0.2) is 4.57 Å². The lowest BCUT2D eigenvalue weighted by molar-refractivity contribution is -0.675. The first-order valence-electron chi connectivity index (χ1n) is 2.83. The molecule has 2 heterocycles. The molecule has 3 nitrogen and oxygen atoms in total. The van der Waals surface area contributed by atoms with Crippen LogP contribution in [0.4, 0.5) is 5.82 Å². The zero-order valence-electron chi connectivity index (χ0n) is 4.86. The Hall–Kier alpha value is -1.25. The molecule has 0 aliphatic carbocycles. The Morgan fingerprint density at radius 3 is 3.33 bits per heavy atom. The maximum absolute atomic E-state index is 3.89. The monoisotopic (exact) mass is 120 g/mol. The van der Waals surface area contributed by atoms with Crippen LogP contribution >= 0.6 is 0 Å². The van der Waals surface area contributed by atoms with Gasteiger partial charge in [-0.15, -0.1) is 0 Å². The summed E-state index contributed by atoms with van der Waals surface area (Å²) in [5.41, 5.74) is 0. The van der Waals surface area contributed by atoms with Gasteiger partial charge in [0.1, 0.15) is 0 Å². The zero-order valence-corrected chi connectivity index (χ0v) is 4.86. The molecule has 44 valence electrons. The predicted molar refractivity (Wildman–Crippen MR) is 31.2 cm³/mol. The van der Waals surface area contributed by atoms with E-state index in [1.165, 1.54) is 0 Å². The second-order valence-electron chi connectivity index (χ2n) is 1.91. The van der Waals surface area contributed by atoms with Crippen molar-refractivity contribution in [1.82, 2.24) is 0 Å². The molecule has 0 unspecified atom stereocenters. The Balaban J connectivity index is 2.63. The van der Waals surface area contributed by atoms with Gasteiger partial charge in [0.25, 0.3) is 0 Å². The lowest BCUT2D eigenvalue weighted by Crippen LogP contribution is -2.28. The molecule has 1 aliphatic heterocycles. The van der Waals surface area contributed by atoms with Crippen molar-refractivity contribution in [3.05, 3.63) is 24.4 Å². The molecule has 9 heavy (non-hydrogen) atoms. The van der Waals surface area contributed by atoms with E-state index in [1.807, 2.05) is 29.0 Å². The number of nitrogens with zero attached hydrogens (tertiary/aromatic N) is 3. The summed E-state index contributed by atoms with van der Waals surface area (Å²) in [6.45, 7) is 0.677. The summed E-state index contributed by atoms with van der Waals surface area (Å²) in [5, 5.41) is 7.73. The quantitative estimate of drug-likeness (QED) is 0.457. The van der Waals surface area contributed by atoms with Gasteiger partial charge in [-0.05, 0) is 11.2 Å². The van der Waals surface area contributed by atoms with Crippen LogP contribution in [0.1, 0.15) is 0 Å². The fraction of sp³-hybridized carbons (Fsp3) is 0.167. The van der Waals surface area contributed by atoms with Crippen LogP contribution in [0.25, 0.3) is 0 Å². The number of pyridine rings is 1. The number of hydrogen-bond donors (Lipinski definition) is 0. The minimum absolute atomic E-state index is 0.677. The highest BCUT2D eigenvalue weighted by Gasteiger charge is 2.13. The average molecular weight is 120 g/mol. The van der Waals surface area contributed by atoms with Gasteiger partial charge in [0.2, 0.25) is 6.67 Å². The largest absolute Gasteiger partial charge is 0.351 e. The molecule has 0 aromatic carbocycles. The summed E-state index contributed by atoms with van der Waals surface area (Å²) in [6, 6.07) is 5.87. The third-order valence-electron chi connectivity index (χ3n) is 1.31. The molecule has 0 spiro atoms. The summed E-state index contributed by atoms with van der Waals surface area (Å²) in [7, 11) is 0. The highest BCUT2D eigenvalue weighted by atomic mass is 15.3. The summed E-state index contributed by atoms with van der Waals surface area (Å²) in [4.78, 5) is 0. The number of hydrogen-bond acceptors (Lipinski definition) is 2. The Morgan fingerprint density at radius 1 is 1.44 bits per heavy atom. The van der Waals surface area contributed by atoms with Crippen molar-refractivity contribution in [2.75, 3.05) is 0 Å². The molecule has 1 aliphatic rings. The Bertz CT molecular complexity index is 254. The zero-order chi connectivity index (χ0) is 6.10. The Kier molecular flexibility index (Phi) is 0.828. The van der Waals surface area contributed by atoms with Gasteiger partial charge >= 0.3 is 5.82 Å². The molecule has 0 atom stereocenters. The lowest BCUT2D eigenvalue weighted by Gasteiger charge is -1.85. The molecule has 3 heteroatoms. The van der Waals surface area contributed by atoms with Gasteiger partial charge in [-0.2, -0.15) is 0 Å². The summed E-state index contributed by atoms with van der Waals surface area (Å²) in [5.74, 6) is 0.942. The molecule has 2 rings (SSSR count). The molecule has 0 fully saturated rings. The SMILES string of the molecule is c1cc[n+]2c(c1)N=NC2. The Labute approximate surface area is 52.7 Å². The predicted octanol–water partition coefficient (Wildman–Crippen LogP) is 1.03. The lowest BCUT2D eigenvalue weighted by atomic mass is 10.5. The fourth-order valence-corrected chi connectivity index (χ4v) is 0.850. The maximum atomic E-state index is 3.89. The second-order valence-corrected chi connectivity index (χ2v) is 1.91. The van der Waals surface area contributed by atoms with Gasteiger partial charge in [-0.1, -0.05) is 6.07 Å². The maximum Gasteiger partial charge on any atom is 0.351 e. The van der Waals surface area contributed by atoms with Crippen LogP contribution in [0.15, 0.2) is 34.6 Å². The molecule has 0 saturated carbocycles. The number of aromatic nitrogens is 1. The van der Waals surface area contributed by atoms with Gasteiger partial charge in [0, 0.05) is 6.07 Å². The highest BCUT2D eigenvalue weighted by molar-refractivity contribution is 5.17. The first kappa shape index (κ1) is 4.61. The molecule has 0 bridgehead atoms. The van der Waals surface area contributed by atoms with E-state index >= 15 is 0 Å². The first-order chi connectivity index (χ1) is 4.47. The van der Waals surface area contributed by atoms with Crippen molar-refractivity contribution < 1.29 is 4.57 Å². The van der Waals surface area contributed by atoms with Crippen LogP contribution in [0.3, 0.4) is 0 Å². The fourth-order valence-electron chi connectivity index (χ4n) is 0.850. The molecule has 0 amide bonds. The van der Waals surface area contributed by atoms with Crippen molar-refractivity contribution in [3.63, 3.8) is 0 Å². The molecule has 0 saturated heterocycles. The minimum atomic E-state index is 0.677. The summed E-state index contributed by atoms with van der Waals surface area (Å²) >= 11 is 0. The second kappa shape index (κ2) is 1.62. The van der Waals surface area contributed by atoms with E-state index in [0.717, 1.165) is 5.82 Å². The van der Waals surface area contributed by atoms with Crippen LogP contribution < -0.4 is 4.57 Å². The van der Waals surface area contributed by atoms with Crippen molar-refractivity contribution >= 4 is 5.82 Å². The molecular formula is C6H6N3+. The topological polar surface area (TPSA) is 28.6 Å². The van der Waals surface area contributed by atoms with E-state index in [9.17, 15) is 0 Å². The van der Waals surface area contributed by atoms with E-state index in [4.69, 9.17) is 0 Å². The first-order valence-corrected chi connectivity index (χ1v) is 2.83. The van der Waals surface area contributed by atoms with Crippen molar-refractivity contribution in [3.8, 4) is 0 Å². The van der Waals surface area contributed by atoms with E-state index in [-0.39, 0.29) is 0 Å². The van der Waals surface area contributed by atoms with Gasteiger partial charge in [0.15, 0.2) is 0 Å². The highest BCUT2D eigenvalue weighted by Crippen LogP contribution is 2.08. The Morgan fingerprint density at radius 2 is 2.44 bits per heavy atom. The molecule has 1 aromatic rings. The van der Waals surface area contributed by atoms with Gasteiger partial charge in [-0.3, -0.25) is 0 Å². The van der Waals surface area contributed by atoms with E-state index in [1.54, 1.807) is 0 Å². The summed E-state index contributed by atoms with van der Waals surface area (Å²) < 4.78 is 1.99. The van der Waals surface area contributed by atoms with Crippen molar-refractivity contribution in [1.29, 1.82) is 0 Å². The smallest absolute Gasteiger partial charge is 0.205 e. The molecular weight excluding hydrogens is 114 g/mol. The van der Waals surface area contributed by atoms with E-state index in [2.05, 4.69) is 10.2 Å². The van der Waals surface area contributed by atoms with Crippen LogP contribution in [0.5, 0.6) is 0 Å². The minimum Gasteiger partial charge on any atom is -0.205 e. The number of rotatable bonds is 0. The van der Waals surface area contributed by atoms with Crippen LogP contribution in [0.2, 0.25) is 0 Å². The van der Waals surface area contributed by atoms with Gasteiger partial charge < -0.3 is 0 Å². The van der Waals surface area contributed by atoms with Gasteiger partial charge in [0.05, 0.1) is 11.3 Å². The van der Waals surface area contributed by atoms with Crippen molar-refractivity contribution in [2.45, 2.75) is 6.67 Å². The standard InChI is InChI=1S/C6H6N3/c1-2-4-9-5-7-8-6(9)3-1/h1-4H,5H2/q+1. The molecule has 0 radical (unpaired) electrons. The average Bonchev–Trinajstić information content (AvgIpc) is 2.33. The van der Waals surface area contributed by atoms with E-state index in [0.29, 0.717) is 6.67 Å². The normalized spacial score (nSPS) is 13.8. The number of azo groups is 1. The number of fused-ring (bicyclic) bond motifs is 1.